The molecule has 1 spiro atoms. The van der Waals surface area contributed by atoms with Gasteiger partial charge in [0, 0.05) is 25.0 Å². The van der Waals surface area contributed by atoms with Crippen LogP contribution in [0.2, 0.25) is 0 Å². The van der Waals surface area contributed by atoms with Gasteiger partial charge in [-0.05, 0) is 25.1 Å². The van der Waals surface area contributed by atoms with Crippen LogP contribution in [-0.2, 0) is 11.3 Å². The molecule has 0 saturated carbocycles. The van der Waals surface area contributed by atoms with Crippen LogP contribution < -0.4 is 0 Å². The van der Waals surface area contributed by atoms with Crippen LogP contribution in [0.25, 0.3) is 0 Å². The van der Waals surface area contributed by atoms with Crippen LogP contribution in [0.15, 0.2) is 22.8 Å². The fourth-order valence-electron chi connectivity index (χ4n) is 3.25. The number of hydrogen-bond acceptors (Lipinski definition) is 4. The lowest BCUT2D eigenvalue weighted by Gasteiger charge is -2.47. The normalized spacial score (nSPS) is 23.3. The maximum Gasteiger partial charge on any atom is 0.317 e. The Balaban J connectivity index is 1.49. The van der Waals surface area contributed by atoms with Crippen molar-refractivity contribution in [2.75, 3.05) is 32.7 Å². The van der Waals surface area contributed by atoms with Crippen molar-refractivity contribution in [2.45, 2.75) is 13.0 Å². The lowest BCUT2D eigenvalue weighted by molar-refractivity contribution is -0.141. The van der Waals surface area contributed by atoms with Crippen LogP contribution in [0.1, 0.15) is 12.2 Å². The summed E-state index contributed by atoms with van der Waals surface area (Å²) in [4.78, 5) is 15.0. The number of nitrogens with zero attached hydrogens (tertiary/aromatic N) is 2. The number of aliphatic carboxylic acids is 1. The molecule has 0 radical (unpaired) electrons. The number of carbonyl (C=O) groups is 1. The van der Waals surface area contributed by atoms with Crippen LogP contribution in [-0.4, -0.2) is 53.6 Å². The van der Waals surface area contributed by atoms with Gasteiger partial charge >= 0.3 is 5.97 Å². The predicted octanol–water partition coefficient (Wildman–Crippen LogP) is 0.872. The lowest BCUT2D eigenvalue weighted by atomic mass is 9.79. The monoisotopic (exact) mass is 250 g/mol. The molecule has 1 aromatic rings. The molecule has 5 heteroatoms. The van der Waals surface area contributed by atoms with Gasteiger partial charge in [-0.15, -0.1) is 0 Å². The predicted molar refractivity (Wildman–Crippen MR) is 65.1 cm³/mol. The second-order valence-electron chi connectivity index (χ2n) is 5.58. The van der Waals surface area contributed by atoms with Crippen molar-refractivity contribution in [3.63, 3.8) is 0 Å². The van der Waals surface area contributed by atoms with E-state index in [0.717, 1.165) is 38.5 Å². The molecule has 0 atom stereocenters. The molecule has 5 nitrogen and oxygen atoms in total. The van der Waals surface area contributed by atoms with E-state index in [-0.39, 0.29) is 6.54 Å². The van der Waals surface area contributed by atoms with E-state index in [2.05, 4.69) is 4.90 Å². The molecular weight excluding hydrogens is 232 g/mol. The Hall–Kier alpha value is -1.33. The largest absolute Gasteiger partial charge is 0.480 e. The van der Waals surface area contributed by atoms with E-state index in [9.17, 15) is 4.79 Å². The van der Waals surface area contributed by atoms with Gasteiger partial charge in [-0.25, -0.2) is 0 Å². The maximum absolute atomic E-state index is 10.6. The van der Waals surface area contributed by atoms with E-state index in [1.54, 1.807) is 6.26 Å². The lowest BCUT2D eigenvalue weighted by Crippen LogP contribution is -2.58. The number of likely N-dealkylation sites (tertiary alicyclic amines) is 2. The van der Waals surface area contributed by atoms with Crippen molar-refractivity contribution in [1.82, 2.24) is 9.80 Å². The molecular formula is C13H18N2O3. The van der Waals surface area contributed by atoms with Gasteiger partial charge < -0.3 is 9.52 Å². The highest BCUT2D eigenvalue weighted by Crippen LogP contribution is 2.39. The van der Waals surface area contributed by atoms with E-state index >= 15 is 0 Å². The first-order chi connectivity index (χ1) is 8.65. The van der Waals surface area contributed by atoms with E-state index in [1.807, 2.05) is 17.0 Å². The molecule has 2 fully saturated rings. The standard InChI is InChI=1S/C13H18N2O3/c16-12(17)7-15-9-13(10-15)3-4-14(8-13)6-11-2-1-5-18-11/h1-2,5H,3-4,6-10H2,(H,16,17). The van der Waals surface area contributed by atoms with Crippen LogP contribution >= 0.6 is 0 Å². The van der Waals surface area contributed by atoms with E-state index < -0.39 is 5.97 Å². The zero-order valence-corrected chi connectivity index (χ0v) is 10.3. The molecule has 0 aromatic carbocycles. The third-order valence-corrected chi connectivity index (χ3v) is 3.95. The average Bonchev–Trinajstić information content (AvgIpc) is 2.87. The van der Waals surface area contributed by atoms with Crippen molar-refractivity contribution in [1.29, 1.82) is 0 Å². The van der Waals surface area contributed by atoms with Crippen LogP contribution in [0.3, 0.4) is 0 Å². The molecule has 2 saturated heterocycles. The number of hydrogen-bond donors (Lipinski definition) is 1. The van der Waals surface area contributed by atoms with Crippen molar-refractivity contribution in [3.05, 3.63) is 24.2 Å². The number of carboxylic acids is 1. The Morgan fingerprint density at radius 2 is 2.17 bits per heavy atom. The quantitative estimate of drug-likeness (QED) is 0.859. The first-order valence-corrected chi connectivity index (χ1v) is 6.34. The summed E-state index contributed by atoms with van der Waals surface area (Å²) < 4.78 is 5.36. The fourth-order valence-corrected chi connectivity index (χ4v) is 3.25. The number of carboxylic acid groups (broad SMARTS) is 1. The van der Waals surface area contributed by atoms with Gasteiger partial charge in [-0.1, -0.05) is 0 Å². The van der Waals surface area contributed by atoms with Gasteiger partial charge in [0.2, 0.25) is 0 Å². The van der Waals surface area contributed by atoms with Crippen LogP contribution in [0, 0.1) is 5.41 Å². The molecule has 0 amide bonds. The fraction of sp³-hybridized carbons (Fsp3) is 0.615. The third kappa shape index (κ3) is 2.28. The molecule has 0 unspecified atom stereocenters. The number of rotatable bonds is 4. The van der Waals surface area contributed by atoms with E-state index in [1.165, 1.54) is 6.42 Å². The first kappa shape index (κ1) is 11.7. The van der Waals surface area contributed by atoms with Crippen LogP contribution in [0.5, 0.6) is 0 Å². The molecule has 3 rings (SSSR count). The summed E-state index contributed by atoms with van der Waals surface area (Å²) in [5.41, 5.74) is 0.335. The molecule has 0 bridgehead atoms. The zero-order valence-electron chi connectivity index (χ0n) is 10.3. The Kier molecular flexibility index (Phi) is 2.87. The smallest absolute Gasteiger partial charge is 0.317 e. The highest BCUT2D eigenvalue weighted by atomic mass is 16.4. The molecule has 98 valence electrons. The van der Waals surface area contributed by atoms with Gasteiger partial charge in [0.25, 0.3) is 0 Å². The molecule has 2 aliphatic heterocycles. The highest BCUT2D eigenvalue weighted by molar-refractivity contribution is 5.69. The Morgan fingerprint density at radius 1 is 1.39 bits per heavy atom. The zero-order chi connectivity index (χ0) is 12.6. The minimum Gasteiger partial charge on any atom is -0.480 e. The summed E-state index contributed by atoms with van der Waals surface area (Å²) in [7, 11) is 0. The SMILES string of the molecule is O=C(O)CN1CC2(CCN(Cc3ccco3)C2)C1. The summed E-state index contributed by atoms with van der Waals surface area (Å²) >= 11 is 0. The van der Waals surface area contributed by atoms with Gasteiger partial charge in [-0.3, -0.25) is 14.6 Å². The van der Waals surface area contributed by atoms with Crippen molar-refractivity contribution < 1.29 is 14.3 Å². The Labute approximate surface area is 106 Å². The summed E-state index contributed by atoms with van der Waals surface area (Å²) in [5.74, 6) is 0.282. The van der Waals surface area contributed by atoms with Gasteiger partial charge in [0.1, 0.15) is 5.76 Å². The second kappa shape index (κ2) is 4.40. The summed E-state index contributed by atoms with van der Waals surface area (Å²) in [6.07, 6.45) is 2.88. The summed E-state index contributed by atoms with van der Waals surface area (Å²) in [6, 6.07) is 3.92. The van der Waals surface area contributed by atoms with Gasteiger partial charge in [0.15, 0.2) is 0 Å². The Bertz CT molecular complexity index is 423. The van der Waals surface area contributed by atoms with E-state index in [4.69, 9.17) is 9.52 Å². The number of furan rings is 1. The molecule has 2 aliphatic rings. The Morgan fingerprint density at radius 3 is 2.83 bits per heavy atom. The van der Waals surface area contributed by atoms with E-state index in [0.29, 0.717) is 5.41 Å². The average molecular weight is 250 g/mol. The van der Waals surface area contributed by atoms with Crippen molar-refractivity contribution in [2.24, 2.45) is 5.41 Å². The van der Waals surface area contributed by atoms with Gasteiger partial charge in [0.05, 0.1) is 19.4 Å². The van der Waals surface area contributed by atoms with Crippen molar-refractivity contribution in [3.8, 4) is 0 Å². The molecule has 18 heavy (non-hydrogen) atoms. The minimum absolute atomic E-state index is 0.180. The highest BCUT2D eigenvalue weighted by Gasteiger charge is 2.47. The first-order valence-electron chi connectivity index (χ1n) is 6.34. The summed E-state index contributed by atoms with van der Waals surface area (Å²) in [6.45, 7) is 5.04. The van der Waals surface area contributed by atoms with Gasteiger partial charge in [-0.2, -0.15) is 0 Å². The molecule has 1 aromatic heterocycles. The molecule has 1 N–H and O–H groups in total. The van der Waals surface area contributed by atoms with Crippen molar-refractivity contribution >= 4 is 5.97 Å². The topological polar surface area (TPSA) is 56.9 Å². The summed E-state index contributed by atoms with van der Waals surface area (Å²) in [5, 5.41) is 8.74. The second-order valence-corrected chi connectivity index (χ2v) is 5.58. The minimum atomic E-state index is -0.727. The van der Waals surface area contributed by atoms with Crippen LogP contribution in [0.4, 0.5) is 0 Å². The molecule has 3 heterocycles. The maximum atomic E-state index is 10.6. The third-order valence-electron chi connectivity index (χ3n) is 3.95. The molecule has 0 aliphatic carbocycles.